The molecule has 0 aromatic carbocycles. The molecule has 4 heteroatoms. The fourth-order valence-electron chi connectivity index (χ4n) is 1.79. The number of fused-ring (bicyclic) bond motifs is 1. The first-order chi connectivity index (χ1) is 6.61. The maximum Gasteiger partial charge on any atom is 0.263 e. The average Bonchev–Trinajstić information content (AvgIpc) is 2.43. The molecule has 0 bridgehead atoms. The number of ether oxygens (including phenoxy) is 1. The first-order valence-electron chi connectivity index (χ1n) is 4.39. The van der Waals surface area contributed by atoms with E-state index in [-0.39, 0.29) is 5.91 Å². The van der Waals surface area contributed by atoms with Crippen LogP contribution in [0.4, 0.5) is 5.69 Å². The van der Waals surface area contributed by atoms with Crippen molar-refractivity contribution in [1.29, 1.82) is 0 Å². The normalized spacial score (nSPS) is 25.4. The van der Waals surface area contributed by atoms with Crippen LogP contribution in [0, 0.1) is 0 Å². The van der Waals surface area contributed by atoms with Crippen molar-refractivity contribution in [2.24, 2.45) is 0 Å². The van der Waals surface area contributed by atoms with Gasteiger partial charge in [0.1, 0.15) is 0 Å². The molecule has 1 atom stereocenters. The Morgan fingerprint density at radius 3 is 2.93 bits per heavy atom. The summed E-state index contributed by atoms with van der Waals surface area (Å²) in [7, 11) is 3.28. The minimum absolute atomic E-state index is 0.0528. The summed E-state index contributed by atoms with van der Waals surface area (Å²) in [4.78, 5) is 17.5. The second kappa shape index (κ2) is 2.78. The molecule has 1 unspecified atom stereocenters. The highest BCUT2D eigenvalue weighted by molar-refractivity contribution is 6.06. The van der Waals surface area contributed by atoms with Crippen molar-refractivity contribution in [3.8, 4) is 0 Å². The summed E-state index contributed by atoms with van der Waals surface area (Å²) in [6.07, 6.45) is 3.35. The van der Waals surface area contributed by atoms with Crippen molar-refractivity contribution < 1.29 is 9.53 Å². The summed E-state index contributed by atoms with van der Waals surface area (Å²) >= 11 is 0. The Morgan fingerprint density at radius 2 is 2.29 bits per heavy atom. The Bertz CT molecular complexity index is 391. The van der Waals surface area contributed by atoms with E-state index in [1.807, 2.05) is 6.07 Å². The lowest BCUT2D eigenvalue weighted by Gasteiger charge is -2.20. The molecular weight excluding hydrogens is 180 g/mol. The minimum atomic E-state index is -0.877. The first-order valence-corrected chi connectivity index (χ1v) is 4.39. The van der Waals surface area contributed by atoms with Gasteiger partial charge in [-0.05, 0) is 13.0 Å². The molecule has 0 aliphatic carbocycles. The maximum atomic E-state index is 11.9. The van der Waals surface area contributed by atoms with Crippen LogP contribution in [0.15, 0.2) is 18.5 Å². The SMILES string of the molecule is COC1(C)C(=O)N(C)c2ccncc21. The lowest BCUT2D eigenvalue weighted by molar-refractivity contribution is -0.137. The average molecular weight is 192 g/mol. The number of carbonyl (C=O) groups excluding carboxylic acids is 1. The standard InChI is InChI=1S/C10H12N2O2/c1-10(14-3)7-6-11-5-4-8(7)12(2)9(10)13/h4-6H,1-3H3. The zero-order chi connectivity index (χ0) is 10.3. The molecule has 1 aromatic rings. The van der Waals surface area contributed by atoms with Crippen LogP contribution in [-0.4, -0.2) is 25.0 Å². The summed E-state index contributed by atoms with van der Waals surface area (Å²) in [6.45, 7) is 1.76. The summed E-state index contributed by atoms with van der Waals surface area (Å²) in [6, 6.07) is 1.82. The number of hydrogen-bond donors (Lipinski definition) is 0. The van der Waals surface area contributed by atoms with Crippen molar-refractivity contribution in [2.75, 3.05) is 19.1 Å². The van der Waals surface area contributed by atoms with E-state index < -0.39 is 5.60 Å². The van der Waals surface area contributed by atoms with Crippen molar-refractivity contribution in [3.63, 3.8) is 0 Å². The summed E-state index contributed by atoms with van der Waals surface area (Å²) in [5.74, 6) is -0.0528. The quantitative estimate of drug-likeness (QED) is 0.664. The van der Waals surface area contributed by atoms with Crippen LogP contribution in [0.25, 0.3) is 0 Å². The van der Waals surface area contributed by atoms with E-state index in [0.717, 1.165) is 11.3 Å². The Balaban J connectivity index is 2.65. The molecule has 1 aliphatic heterocycles. The van der Waals surface area contributed by atoms with Crippen LogP contribution in [0.3, 0.4) is 0 Å². The van der Waals surface area contributed by atoms with Crippen molar-refractivity contribution >= 4 is 11.6 Å². The molecule has 0 radical (unpaired) electrons. The van der Waals surface area contributed by atoms with Gasteiger partial charge in [0.15, 0.2) is 5.60 Å². The van der Waals surface area contributed by atoms with E-state index >= 15 is 0 Å². The van der Waals surface area contributed by atoms with Crippen LogP contribution in [0.1, 0.15) is 12.5 Å². The largest absolute Gasteiger partial charge is 0.364 e. The summed E-state index contributed by atoms with van der Waals surface area (Å²) in [5, 5.41) is 0. The summed E-state index contributed by atoms with van der Waals surface area (Å²) in [5.41, 5.74) is 0.822. The Morgan fingerprint density at radius 1 is 1.57 bits per heavy atom. The molecule has 0 saturated carbocycles. The number of aromatic nitrogens is 1. The Kier molecular flexibility index (Phi) is 1.82. The molecule has 1 aromatic heterocycles. The number of methoxy groups -OCH3 is 1. The Labute approximate surface area is 82.5 Å². The number of pyridine rings is 1. The van der Waals surface area contributed by atoms with Gasteiger partial charge in [-0.15, -0.1) is 0 Å². The highest BCUT2D eigenvalue weighted by Gasteiger charge is 2.46. The lowest BCUT2D eigenvalue weighted by atomic mass is 10.00. The number of hydrogen-bond acceptors (Lipinski definition) is 3. The van der Waals surface area contributed by atoms with E-state index in [1.54, 1.807) is 31.3 Å². The van der Waals surface area contributed by atoms with E-state index in [4.69, 9.17) is 4.74 Å². The van der Waals surface area contributed by atoms with Gasteiger partial charge >= 0.3 is 0 Å². The third kappa shape index (κ3) is 0.915. The monoisotopic (exact) mass is 192 g/mol. The fourth-order valence-corrected chi connectivity index (χ4v) is 1.79. The highest BCUT2D eigenvalue weighted by atomic mass is 16.5. The van der Waals surface area contributed by atoms with Gasteiger partial charge in [0.05, 0.1) is 5.69 Å². The van der Waals surface area contributed by atoms with Gasteiger partial charge in [-0.25, -0.2) is 0 Å². The van der Waals surface area contributed by atoms with E-state index in [2.05, 4.69) is 4.98 Å². The van der Waals surface area contributed by atoms with Crippen LogP contribution < -0.4 is 4.90 Å². The fraction of sp³-hybridized carbons (Fsp3) is 0.400. The highest BCUT2D eigenvalue weighted by Crippen LogP contribution is 2.40. The van der Waals surface area contributed by atoms with Crippen LogP contribution in [0.2, 0.25) is 0 Å². The third-order valence-electron chi connectivity index (χ3n) is 2.79. The number of amides is 1. The molecule has 0 spiro atoms. The second-order valence-corrected chi connectivity index (χ2v) is 3.49. The molecule has 1 amide bonds. The number of carbonyl (C=O) groups is 1. The number of anilines is 1. The molecule has 0 saturated heterocycles. The van der Waals surface area contributed by atoms with Crippen molar-refractivity contribution in [3.05, 3.63) is 24.0 Å². The van der Waals surface area contributed by atoms with E-state index in [9.17, 15) is 4.79 Å². The van der Waals surface area contributed by atoms with Gasteiger partial charge in [-0.1, -0.05) is 0 Å². The number of rotatable bonds is 1. The van der Waals surface area contributed by atoms with Gasteiger partial charge in [-0.2, -0.15) is 0 Å². The van der Waals surface area contributed by atoms with Crippen molar-refractivity contribution in [2.45, 2.75) is 12.5 Å². The lowest BCUT2D eigenvalue weighted by Crippen LogP contribution is -2.37. The van der Waals surface area contributed by atoms with Crippen LogP contribution in [0.5, 0.6) is 0 Å². The summed E-state index contributed by atoms with van der Waals surface area (Å²) < 4.78 is 5.28. The van der Waals surface area contributed by atoms with Crippen LogP contribution in [-0.2, 0) is 15.1 Å². The maximum absolute atomic E-state index is 11.9. The molecule has 0 N–H and O–H groups in total. The Hall–Kier alpha value is -1.42. The van der Waals surface area contributed by atoms with Gasteiger partial charge in [0.2, 0.25) is 0 Å². The molecule has 2 rings (SSSR count). The van der Waals surface area contributed by atoms with Crippen LogP contribution >= 0.6 is 0 Å². The van der Waals surface area contributed by atoms with Crippen molar-refractivity contribution in [1.82, 2.24) is 4.98 Å². The van der Waals surface area contributed by atoms with Gasteiger partial charge in [-0.3, -0.25) is 9.78 Å². The molecule has 2 heterocycles. The predicted molar refractivity (Wildman–Crippen MR) is 52.0 cm³/mol. The second-order valence-electron chi connectivity index (χ2n) is 3.49. The topological polar surface area (TPSA) is 42.4 Å². The molecule has 74 valence electrons. The van der Waals surface area contributed by atoms with E-state index in [1.165, 1.54) is 7.11 Å². The van der Waals surface area contributed by atoms with Gasteiger partial charge < -0.3 is 9.64 Å². The number of likely N-dealkylation sites (N-methyl/N-ethyl adjacent to an activating group) is 1. The zero-order valence-corrected chi connectivity index (χ0v) is 8.44. The molecule has 0 fully saturated rings. The van der Waals surface area contributed by atoms with Gasteiger partial charge in [0.25, 0.3) is 5.91 Å². The molecular formula is C10H12N2O2. The zero-order valence-electron chi connectivity index (χ0n) is 8.44. The molecule has 14 heavy (non-hydrogen) atoms. The third-order valence-corrected chi connectivity index (χ3v) is 2.79. The molecule has 1 aliphatic rings. The minimum Gasteiger partial charge on any atom is -0.364 e. The first kappa shape index (κ1) is 9.15. The van der Waals surface area contributed by atoms with Gasteiger partial charge in [0, 0.05) is 32.1 Å². The number of nitrogens with zero attached hydrogens (tertiary/aromatic N) is 2. The molecule has 4 nitrogen and oxygen atoms in total. The smallest absolute Gasteiger partial charge is 0.263 e. The van der Waals surface area contributed by atoms with E-state index in [0.29, 0.717) is 0 Å². The predicted octanol–water partition coefficient (Wildman–Crippen LogP) is 0.920.